The molecule has 528 valence electrons. The highest BCUT2D eigenvalue weighted by atomic mass is 19.1. The molecule has 2 fully saturated rings. The van der Waals surface area contributed by atoms with Gasteiger partial charge >= 0.3 is 0 Å². The summed E-state index contributed by atoms with van der Waals surface area (Å²) in [4.78, 5) is 68.3. The Hall–Kier alpha value is -12.2. The van der Waals surface area contributed by atoms with E-state index in [1.54, 1.807) is 42.3 Å². The monoisotopic (exact) mass is 1390 g/mol. The second-order valence-corrected chi connectivity index (χ2v) is 24.1. The van der Waals surface area contributed by atoms with Crippen molar-refractivity contribution >= 4 is 112 Å². The van der Waals surface area contributed by atoms with Crippen LogP contribution in [0.25, 0.3) is 88.8 Å². The zero-order valence-electron chi connectivity index (χ0n) is 57.1. The highest BCUT2D eigenvalue weighted by Gasteiger charge is 2.45. The number of aryl methyl sites for hydroxylation is 9. The molecule has 0 spiro atoms. The number of H-pyrrole nitrogens is 1. The summed E-state index contributed by atoms with van der Waals surface area (Å²) in [6, 6.07) is 16.8. The lowest BCUT2D eigenvalue weighted by molar-refractivity contribution is -0.0459. The van der Waals surface area contributed by atoms with E-state index in [1.165, 1.54) is 75.6 Å². The number of nitrogens with one attached hydrogen (secondary N) is 1. The van der Waals surface area contributed by atoms with Gasteiger partial charge in [0.25, 0.3) is 0 Å². The maximum absolute atomic E-state index is 14.0. The molecule has 18 rings (SSSR count). The Labute approximate surface area is 579 Å². The van der Waals surface area contributed by atoms with Crippen LogP contribution in [0.2, 0.25) is 0 Å². The smallest absolute Gasteiger partial charge is 0.173 e. The third-order valence-electron chi connectivity index (χ3n) is 17.1. The van der Waals surface area contributed by atoms with E-state index in [0.717, 1.165) is 44.7 Å². The van der Waals surface area contributed by atoms with Crippen molar-refractivity contribution in [2.24, 2.45) is 41.2 Å². The zero-order valence-corrected chi connectivity index (χ0v) is 57.1. The van der Waals surface area contributed by atoms with Gasteiger partial charge in [-0.2, -0.15) is 5.10 Å². The SMILES string of the molecule is Cc1[nH]nc2c(N)ncnc12.Cc1cccc2c1ccn2C.Cc1cccc2c1ncn2C.Cc1ccnc2c1ncn2C.Cn1cnc2c(N)ncnc21.Cn1cnc2cncnc21.Nc1ncnc2c1ncn2[C@@H]1O[C@H](CO)C(O)[C@@H]1F.Nc1ncnc2c1ncn2[C@H]1CC(O)[C@@H](CO)C1. The van der Waals surface area contributed by atoms with E-state index in [9.17, 15) is 19.7 Å². The Morgan fingerprint density at radius 2 is 1.02 bits per heavy atom. The van der Waals surface area contributed by atoms with Gasteiger partial charge in [-0.1, -0.05) is 24.3 Å². The first-order valence-electron chi connectivity index (χ1n) is 31.8. The second-order valence-electron chi connectivity index (χ2n) is 24.1. The fourth-order valence-electron chi connectivity index (χ4n) is 11.5. The van der Waals surface area contributed by atoms with Crippen molar-refractivity contribution in [2.45, 2.75) is 77.3 Å². The van der Waals surface area contributed by atoms with Crippen molar-refractivity contribution in [3.05, 3.63) is 159 Å². The lowest BCUT2D eigenvalue weighted by Crippen LogP contribution is -2.30. The van der Waals surface area contributed by atoms with Crippen LogP contribution in [0, 0.1) is 33.6 Å². The number of imidazole rings is 6. The number of nitrogens with two attached hydrogens (primary N) is 4. The van der Waals surface area contributed by atoms with Crippen molar-refractivity contribution in [3.8, 4) is 0 Å². The number of ether oxygens (including phenoxy) is 1. The molecular formula is C66H77FN30O5. The molecule has 1 saturated heterocycles. The molecule has 2 aromatic carbocycles. The zero-order chi connectivity index (χ0) is 72.5. The number of nitrogen functional groups attached to an aromatic ring is 4. The van der Waals surface area contributed by atoms with Crippen molar-refractivity contribution < 1.29 is 29.6 Å². The van der Waals surface area contributed by atoms with Gasteiger partial charge in [-0.05, 0) is 81.5 Å². The van der Waals surface area contributed by atoms with E-state index in [1.807, 2.05) is 72.7 Å². The fraction of sp³-hybridized carbons (Fsp3) is 0.303. The number of hydrogen-bond donors (Lipinski definition) is 9. The van der Waals surface area contributed by atoms with Crippen LogP contribution < -0.4 is 22.9 Å². The molecule has 35 nitrogen and oxygen atoms in total. The molecule has 14 aromatic heterocycles. The molecular weight excluding hydrogens is 1310 g/mol. The molecule has 0 amide bonds. The van der Waals surface area contributed by atoms with Crippen LogP contribution in [0.3, 0.4) is 0 Å². The molecule has 36 heteroatoms. The van der Waals surface area contributed by atoms with Crippen LogP contribution in [-0.2, 0) is 40.0 Å². The Morgan fingerprint density at radius 3 is 1.62 bits per heavy atom. The lowest BCUT2D eigenvalue weighted by Gasteiger charge is -2.14. The van der Waals surface area contributed by atoms with E-state index in [0.29, 0.717) is 63.7 Å². The van der Waals surface area contributed by atoms with Gasteiger partial charge in [0.2, 0.25) is 0 Å². The highest BCUT2D eigenvalue weighted by molar-refractivity contribution is 5.86. The molecule has 2 aliphatic rings. The van der Waals surface area contributed by atoms with Crippen LogP contribution in [0.5, 0.6) is 0 Å². The van der Waals surface area contributed by atoms with Crippen molar-refractivity contribution in [3.63, 3.8) is 0 Å². The average molecular weight is 1390 g/mol. The van der Waals surface area contributed by atoms with Crippen LogP contribution in [-0.4, -0.2) is 185 Å². The summed E-state index contributed by atoms with van der Waals surface area (Å²) in [7, 11) is 9.79. The van der Waals surface area contributed by atoms with Gasteiger partial charge in [0.05, 0.1) is 73.6 Å². The summed E-state index contributed by atoms with van der Waals surface area (Å²) in [5.41, 5.74) is 39.2. The number of aliphatic hydroxyl groups is 4. The topological polar surface area (TPSA) is 477 Å². The number of pyridine rings is 1. The number of rotatable bonds is 4. The highest BCUT2D eigenvalue weighted by Crippen LogP contribution is 2.37. The van der Waals surface area contributed by atoms with Crippen LogP contribution in [0.15, 0.2) is 137 Å². The standard InChI is InChI=1S/C11H15N5O2.C10H12FN5O3.C10H11N.C9H10N2.C8H9N3.2C6H7N5.C6H6N4/c12-10-9-11(14-4-13-10)16(5-15-9)7-1-6(3-17)8(18)2-7;11-5-7(18)4(1-17)19-10(5)16-3-15-6-8(12)13-2-14-9(6)16;1-8-4-3-5-10-9(8)6-7-11(10)2;1-7-4-3-5-8-9(7)10-6-11(8)2;1-6-3-4-9-8-7(6)10-5-11(8)2;1-11-3-10-4-5(7)8-2-9-6(4)11;1-3-4-5(11-10-3)6(7)9-2-8-4;1-10-4-9-5-2-7-3-8-6(5)10/h4-8,17-18H,1-3H2,(H2,12,13,14);2-5,7,10,17-18H,1H2,(H2,12,13,14);3-7H,1-2H3;3-6H,1-2H3;3-5H,1-2H3;2-3H,1H3,(H2,7,8,9);2H,1H3,(H,10,11)(H2,7,8,9);2-4H,1H3/t6-,7-,8?;4-,5+,7?,10-;;;;;;/m11....../s1. The quantitative estimate of drug-likeness (QED) is 0.113. The van der Waals surface area contributed by atoms with Gasteiger partial charge in [0, 0.05) is 77.1 Å². The predicted octanol–water partition coefficient (Wildman–Crippen LogP) is 4.91. The van der Waals surface area contributed by atoms with Crippen molar-refractivity contribution in [2.75, 3.05) is 36.1 Å². The minimum absolute atomic E-state index is 0.00141. The van der Waals surface area contributed by atoms with Gasteiger partial charge in [0.1, 0.15) is 76.9 Å². The normalized spacial score (nSPS) is 17.5. The number of alkyl halides is 1. The Bertz CT molecular complexity index is 5030. The summed E-state index contributed by atoms with van der Waals surface area (Å²) in [6.45, 7) is 7.68. The van der Waals surface area contributed by atoms with E-state index >= 15 is 0 Å². The van der Waals surface area contributed by atoms with Crippen LogP contribution >= 0.6 is 0 Å². The van der Waals surface area contributed by atoms with Crippen molar-refractivity contribution in [1.29, 1.82) is 0 Å². The number of fused-ring (bicyclic) bond motifs is 8. The fourth-order valence-corrected chi connectivity index (χ4v) is 11.5. The number of aliphatic hydroxyl groups excluding tert-OH is 4. The predicted molar refractivity (Wildman–Crippen MR) is 380 cm³/mol. The molecule has 16 aromatic rings. The summed E-state index contributed by atoms with van der Waals surface area (Å²) in [5, 5.41) is 45.7. The number of anilines is 4. The third-order valence-corrected chi connectivity index (χ3v) is 17.1. The van der Waals surface area contributed by atoms with Crippen molar-refractivity contribution in [1.82, 2.24) is 127 Å². The summed E-state index contributed by atoms with van der Waals surface area (Å²) >= 11 is 0. The Balaban J connectivity index is 0.000000119. The lowest BCUT2D eigenvalue weighted by atomic mass is 10.1. The Morgan fingerprint density at radius 1 is 0.490 bits per heavy atom. The minimum atomic E-state index is -1.69. The summed E-state index contributed by atoms with van der Waals surface area (Å²) in [6.07, 6.45) is 18.3. The molecule has 0 bridgehead atoms. The number of aromatic nitrogens is 26. The molecule has 2 unspecified atom stereocenters. The number of hydrogen-bond acceptors (Lipinski definition) is 27. The first-order valence-corrected chi connectivity index (χ1v) is 31.8. The molecule has 1 aliphatic heterocycles. The maximum atomic E-state index is 14.0. The largest absolute Gasteiger partial charge is 0.396 e. The van der Waals surface area contributed by atoms with Gasteiger partial charge in [0.15, 0.2) is 69.4 Å². The first-order chi connectivity index (χ1) is 49.1. The second kappa shape index (κ2) is 31.3. The molecule has 102 heavy (non-hydrogen) atoms. The molecule has 1 saturated carbocycles. The van der Waals surface area contributed by atoms with E-state index < -0.39 is 37.3 Å². The van der Waals surface area contributed by atoms with Gasteiger partial charge < -0.3 is 75.5 Å². The Kier molecular flexibility index (Phi) is 21.8. The van der Waals surface area contributed by atoms with Gasteiger partial charge in [-0.3, -0.25) is 9.67 Å². The maximum Gasteiger partial charge on any atom is 0.173 e. The third kappa shape index (κ3) is 15.2. The summed E-state index contributed by atoms with van der Waals surface area (Å²) < 4.78 is 32.3. The number of nitrogens with zero attached hydrogens (tertiary/aromatic N) is 25. The van der Waals surface area contributed by atoms with Crippen LogP contribution in [0.4, 0.5) is 27.7 Å². The number of para-hydroxylation sites is 1. The minimum Gasteiger partial charge on any atom is -0.396 e. The van der Waals surface area contributed by atoms with Crippen LogP contribution in [0.1, 0.15) is 47.5 Å². The average Bonchev–Trinajstić information content (AvgIpc) is 1.62. The number of aromatic amines is 1. The van der Waals surface area contributed by atoms with Gasteiger partial charge in [-0.25, -0.2) is 89.1 Å². The van der Waals surface area contributed by atoms with Gasteiger partial charge in [-0.15, -0.1) is 0 Å². The van der Waals surface area contributed by atoms with E-state index in [4.69, 9.17) is 32.8 Å². The van der Waals surface area contributed by atoms with E-state index in [-0.39, 0.29) is 24.4 Å². The van der Waals surface area contributed by atoms with E-state index in [2.05, 4.69) is 169 Å². The number of benzene rings is 2. The summed E-state index contributed by atoms with van der Waals surface area (Å²) in [5.74, 6) is 1.30. The molecule has 7 atom stereocenters. The molecule has 1 aliphatic carbocycles. The molecule has 15 heterocycles. The number of halogens is 1. The first kappa shape index (κ1) is 71.0. The molecule has 13 N–H and O–H groups in total. The molecule has 0 radical (unpaired) electrons.